The summed E-state index contributed by atoms with van der Waals surface area (Å²) < 4.78 is 12.0. The van der Waals surface area contributed by atoms with Crippen LogP contribution in [-0.2, 0) is 18.3 Å². The molecular formula is C22H24N4O4S. The zero-order valence-corrected chi connectivity index (χ0v) is 18.4. The Morgan fingerprint density at radius 2 is 1.58 bits per heavy atom. The molecule has 0 radical (unpaired) electrons. The van der Waals surface area contributed by atoms with Gasteiger partial charge in [-0.25, -0.2) is 0 Å². The Hall–Kier alpha value is -3.33. The van der Waals surface area contributed by atoms with Crippen molar-refractivity contribution in [3.8, 4) is 11.5 Å². The third-order valence-electron chi connectivity index (χ3n) is 4.62. The lowest BCUT2D eigenvalue weighted by Crippen LogP contribution is -2.13. The van der Waals surface area contributed by atoms with E-state index in [1.165, 1.54) is 11.8 Å². The molecule has 1 heterocycles. The number of nitrogens with zero attached hydrogens (tertiary/aromatic N) is 3. The fraction of sp³-hybridized carbons (Fsp3) is 0.273. The number of amides is 1. The minimum absolute atomic E-state index is 0.00364. The number of rotatable bonds is 10. The highest BCUT2D eigenvalue weighted by Gasteiger charge is 2.14. The number of nitrogens with one attached hydrogen (secondary N) is 1. The lowest BCUT2D eigenvalue weighted by Gasteiger charge is -2.07. The molecule has 31 heavy (non-hydrogen) atoms. The number of ether oxygens (including phenoxy) is 2. The standard InChI is InChI=1S/C22H24N4O4S/c1-26-20(12-13-21(28)23-16-6-10-18(30-3)11-7-16)24-25-22(26)31-14-19(27)15-4-8-17(29-2)9-5-15/h4-11H,12-14H2,1-3H3,(H,23,28). The van der Waals surface area contributed by atoms with Gasteiger partial charge in [-0.1, -0.05) is 11.8 Å². The summed E-state index contributed by atoms with van der Waals surface area (Å²) in [5.74, 6) is 2.25. The molecule has 0 aliphatic carbocycles. The third-order valence-corrected chi connectivity index (χ3v) is 5.64. The van der Waals surface area contributed by atoms with Crippen LogP contribution in [-0.4, -0.2) is 46.4 Å². The van der Waals surface area contributed by atoms with Crippen molar-refractivity contribution in [3.05, 3.63) is 59.9 Å². The number of methoxy groups -OCH3 is 2. The van der Waals surface area contributed by atoms with Crippen LogP contribution in [0.1, 0.15) is 22.6 Å². The van der Waals surface area contributed by atoms with Gasteiger partial charge in [-0.15, -0.1) is 10.2 Å². The molecule has 3 aromatic rings. The number of hydrogen-bond donors (Lipinski definition) is 1. The maximum absolute atomic E-state index is 12.4. The molecular weight excluding hydrogens is 416 g/mol. The Kier molecular flexibility index (Phi) is 7.66. The molecule has 0 aliphatic rings. The van der Waals surface area contributed by atoms with E-state index < -0.39 is 0 Å². The Labute approximate surface area is 185 Å². The topological polar surface area (TPSA) is 95.3 Å². The summed E-state index contributed by atoms with van der Waals surface area (Å²) in [6.45, 7) is 0. The highest BCUT2D eigenvalue weighted by atomic mass is 32.2. The van der Waals surface area contributed by atoms with E-state index in [-0.39, 0.29) is 23.9 Å². The molecule has 0 spiro atoms. The maximum Gasteiger partial charge on any atom is 0.224 e. The molecule has 0 fully saturated rings. The first kappa shape index (κ1) is 22.4. The van der Waals surface area contributed by atoms with Crippen molar-refractivity contribution >= 4 is 29.1 Å². The Morgan fingerprint density at radius 1 is 0.968 bits per heavy atom. The summed E-state index contributed by atoms with van der Waals surface area (Å²) in [6.07, 6.45) is 0.714. The van der Waals surface area contributed by atoms with Gasteiger partial charge in [0.2, 0.25) is 5.91 Å². The van der Waals surface area contributed by atoms with Crippen molar-refractivity contribution in [1.82, 2.24) is 14.8 Å². The van der Waals surface area contributed by atoms with Gasteiger partial charge >= 0.3 is 0 Å². The number of anilines is 1. The number of carbonyl (C=O) groups excluding carboxylic acids is 2. The van der Waals surface area contributed by atoms with Crippen molar-refractivity contribution in [2.24, 2.45) is 7.05 Å². The highest BCUT2D eigenvalue weighted by molar-refractivity contribution is 7.99. The number of aromatic nitrogens is 3. The summed E-state index contributed by atoms with van der Waals surface area (Å²) >= 11 is 1.32. The number of ketones is 1. The fourth-order valence-electron chi connectivity index (χ4n) is 2.80. The zero-order valence-electron chi connectivity index (χ0n) is 17.6. The van der Waals surface area contributed by atoms with E-state index in [2.05, 4.69) is 15.5 Å². The van der Waals surface area contributed by atoms with Gasteiger partial charge in [0, 0.05) is 31.1 Å². The number of hydrogen-bond acceptors (Lipinski definition) is 7. The maximum atomic E-state index is 12.4. The van der Waals surface area contributed by atoms with Crippen LogP contribution in [0.3, 0.4) is 0 Å². The Balaban J connectivity index is 1.49. The number of aryl methyl sites for hydroxylation is 1. The van der Waals surface area contributed by atoms with Crippen molar-refractivity contribution in [3.63, 3.8) is 0 Å². The Morgan fingerprint density at radius 3 is 2.19 bits per heavy atom. The molecule has 0 aliphatic heterocycles. The van der Waals surface area contributed by atoms with Crippen molar-refractivity contribution in [2.75, 3.05) is 25.3 Å². The van der Waals surface area contributed by atoms with E-state index in [1.807, 2.05) is 11.6 Å². The summed E-state index contributed by atoms with van der Waals surface area (Å²) in [5, 5.41) is 11.8. The van der Waals surface area contributed by atoms with E-state index in [9.17, 15) is 9.59 Å². The van der Waals surface area contributed by atoms with Gasteiger partial charge in [-0.3, -0.25) is 9.59 Å². The van der Waals surface area contributed by atoms with Gasteiger partial charge in [0.25, 0.3) is 0 Å². The molecule has 9 heteroatoms. The molecule has 1 aromatic heterocycles. The molecule has 162 valence electrons. The molecule has 1 amide bonds. The lowest BCUT2D eigenvalue weighted by atomic mass is 10.1. The van der Waals surface area contributed by atoms with Crippen molar-refractivity contribution in [1.29, 1.82) is 0 Å². The normalized spacial score (nSPS) is 10.5. The monoisotopic (exact) mass is 440 g/mol. The number of Topliss-reactive ketones (excluding diaryl/α,β-unsaturated/α-hetero) is 1. The molecule has 3 rings (SSSR count). The first-order valence-electron chi connectivity index (χ1n) is 9.62. The predicted molar refractivity (Wildman–Crippen MR) is 119 cm³/mol. The van der Waals surface area contributed by atoms with Crippen molar-refractivity contribution < 1.29 is 19.1 Å². The van der Waals surface area contributed by atoms with Gasteiger partial charge in [-0.05, 0) is 48.5 Å². The predicted octanol–water partition coefficient (Wildman–Crippen LogP) is 3.38. The molecule has 0 bridgehead atoms. The average Bonchev–Trinajstić information content (AvgIpc) is 3.16. The van der Waals surface area contributed by atoms with E-state index in [0.29, 0.717) is 34.4 Å². The van der Waals surface area contributed by atoms with Gasteiger partial charge in [-0.2, -0.15) is 0 Å². The lowest BCUT2D eigenvalue weighted by molar-refractivity contribution is -0.116. The zero-order chi connectivity index (χ0) is 22.2. The Bertz CT molecular complexity index is 1030. The molecule has 0 saturated heterocycles. The van der Waals surface area contributed by atoms with Gasteiger partial charge in [0.1, 0.15) is 17.3 Å². The van der Waals surface area contributed by atoms with Crippen LogP contribution in [0.2, 0.25) is 0 Å². The summed E-state index contributed by atoms with van der Waals surface area (Å²) in [5.41, 5.74) is 1.32. The second kappa shape index (κ2) is 10.6. The smallest absolute Gasteiger partial charge is 0.224 e. The molecule has 2 aromatic carbocycles. The van der Waals surface area contributed by atoms with Gasteiger partial charge in [0.05, 0.1) is 20.0 Å². The number of thioether (sulfide) groups is 1. The number of benzene rings is 2. The third kappa shape index (κ3) is 6.08. The second-order valence-electron chi connectivity index (χ2n) is 6.67. The van der Waals surface area contributed by atoms with Crippen LogP contribution in [0.4, 0.5) is 5.69 Å². The highest BCUT2D eigenvalue weighted by Crippen LogP contribution is 2.20. The molecule has 8 nitrogen and oxygen atoms in total. The van der Waals surface area contributed by atoms with E-state index in [4.69, 9.17) is 9.47 Å². The first-order chi connectivity index (χ1) is 15.0. The van der Waals surface area contributed by atoms with Gasteiger partial charge < -0.3 is 19.4 Å². The summed E-state index contributed by atoms with van der Waals surface area (Å²) in [7, 11) is 5.01. The minimum Gasteiger partial charge on any atom is -0.497 e. The van der Waals surface area contributed by atoms with E-state index in [1.54, 1.807) is 62.8 Å². The van der Waals surface area contributed by atoms with Crippen LogP contribution in [0, 0.1) is 0 Å². The SMILES string of the molecule is COc1ccc(NC(=O)CCc2nnc(SCC(=O)c3ccc(OC)cc3)n2C)cc1. The fourth-order valence-corrected chi connectivity index (χ4v) is 3.63. The van der Waals surface area contributed by atoms with Crippen LogP contribution >= 0.6 is 11.8 Å². The molecule has 0 unspecified atom stereocenters. The summed E-state index contributed by atoms with van der Waals surface area (Å²) in [4.78, 5) is 24.6. The average molecular weight is 441 g/mol. The quantitative estimate of drug-likeness (QED) is 0.381. The molecule has 1 N–H and O–H groups in total. The molecule has 0 atom stereocenters. The van der Waals surface area contributed by atoms with Crippen LogP contribution < -0.4 is 14.8 Å². The van der Waals surface area contributed by atoms with Crippen LogP contribution in [0.5, 0.6) is 11.5 Å². The summed E-state index contributed by atoms with van der Waals surface area (Å²) in [6, 6.07) is 14.1. The van der Waals surface area contributed by atoms with Crippen LogP contribution in [0.15, 0.2) is 53.7 Å². The van der Waals surface area contributed by atoms with Crippen LogP contribution in [0.25, 0.3) is 0 Å². The molecule has 0 saturated carbocycles. The van der Waals surface area contributed by atoms with Crippen molar-refractivity contribution in [2.45, 2.75) is 18.0 Å². The largest absolute Gasteiger partial charge is 0.497 e. The van der Waals surface area contributed by atoms with E-state index >= 15 is 0 Å². The second-order valence-corrected chi connectivity index (χ2v) is 7.62. The minimum atomic E-state index is -0.114. The van der Waals surface area contributed by atoms with E-state index in [0.717, 1.165) is 5.75 Å². The van der Waals surface area contributed by atoms with Gasteiger partial charge in [0.15, 0.2) is 10.9 Å². The first-order valence-corrected chi connectivity index (χ1v) is 10.6. The number of carbonyl (C=O) groups is 2.